The van der Waals surface area contributed by atoms with Gasteiger partial charge in [-0.1, -0.05) is 35.3 Å². The molecule has 0 aliphatic carbocycles. The average Bonchev–Trinajstić information content (AvgIpc) is 2.21. The third kappa shape index (κ3) is 3.17. The zero-order valence-corrected chi connectivity index (χ0v) is 9.20. The van der Waals surface area contributed by atoms with Crippen molar-refractivity contribution in [2.75, 3.05) is 12.1 Å². The summed E-state index contributed by atoms with van der Waals surface area (Å²) in [5.41, 5.74) is 0.179. The highest BCUT2D eigenvalue weighted by molar-refractivity contribution is 6.59. The molecule has 0 heterocycles. The van der Waals surface area contributed by atoms with Crippen molar-refractivity contribution in [1.29, 1.82) is 0 Å². The molecule has 1 aromatic carbocycles. The molecule has 0 fully saturated rings. The van der Waals surface area contributed by atoms with Crippen LogP contribution in [0.15, 0.2) is 18.2 Å². The number of benzene rings is 1. The first-order valence-electron chi connectivity index (χ1n) is 4.07. The second kappa shape index (κ2) is 6.07. The van der Waals surface area contributed by atoms with Crippen molar-refractivity contribution >= 4 is 35.8 Å². The molecule has 0 saturated heterocycles. The maximum atomic E-state index is 9.07. The van der Waals surface area contributed by atoms with E-state index in [4.69, 9.17) is 42.7 Å². The number of rotatable bonds is 5. The Morgan fingerprint density at radius 1 is 1.13 bits per heavy atom. The predicted octanol–water partition coefficient (Wildman–Crippen LogP) is 0.517. The normalized spacial score (nSPS) is 9.87. The highest BCUT2D eigenvalue weighted by Gasteiger charge is 2.20. The van der Waals surface area contributed by atoms with Crippen LogP contribution in [0.1, 0.15) is 0 Å². The van der Waals surface area contributed by atoms with Crippen LogP contribution >= 0.6 is 23.2 Å². The molecule has 0 spiro atoms. The Bertz CT molecular complexity index is 322. The van der Waals surface area contributed by atoms with E-state index in [1.807, 2.05) is 0 Å². The van der Waals surface area contributed by atoms with Crippen LogP contribution in [0.3, 0.4) is 0 Å². The van der Waals surface area contributed by atoms with Gasteiger partial charge >= 0.3 is 7.12 Å². The Morgan fingerprint density at radius 2 is 1.80 bits per heavy atom. The summed E-state index contributed by atoms with van der Waals surface area (Å²) >= 11 is 10.8. The summed E-state index contributed by atoms with van der Waals surface area (Å²) in [6, 6.07) is 4.49. The smallest absolute Gasteiger partial charge is 0.474 e. The van der Waals surface area contributed by atoms with Crippen molar-refractivity contribution in [1.82, 2.24) is 0 Å². The molecule has 82 valence electrons. The van der Waals surface area contributed by atoms with Crippen LogP contribution in [-0.2, 0) is 0 Å². The molecule has 0 unspecified atom stereocenters. The van der Waals surface area contributed by atoms with Crippen molar-refractivity contribution in [3.63, 3.8) is 0 Å². The lowest BCUT2D eigenvalue weighted by Gasteiger charge is -2.13. The molecule has 0 saturated carbocycles. The summed E-state index contributed by atoms with van der Waals surface area (Å²) < 4.78 is 10.1. The second-order valence-electron chi connectivity index (χ2n) is 2.56. The van der Waals surface area contributed by atoms with E-state index < -0.39 is 7.12 Å². The first kappa shape index (κ1) is 12.5. The molecule has 0 aliphatic rings. The lowest BCUT2D eigenvalue weighted by molar-refractivity contribution is 0.330. The number of ether oxygens (including phenoxy) is 2. The molecule has 0 radical (unpaired) electrons. The van der Waals surface area contributed by atoms with Gasteiger partial charge < -0.3 is 19.5 Å². The molecule has 1 rings (SSSR count). The molecular weight excluding hydrogens is 242 g/mol. The second-order valence-corrected chi connectivity index (χ2v) is 2.99. The van der Waals surface area contributed by atoms with Crippen LogP contribution < -0.4 is 14.9 Å². The number of hydrogen-bond acceptors (Lipinski definition) is 4. The third-order valence-electron chi connectivity index (χ3n) is 1.70. The lowest BCUT2D eigenvalue weighted by atomic mass is 9.79. The summed E-state index contributed by atoms with van der Waals surface area (Å²) in [4.78, 5) is 0. The van der Waals surface area contributed by atoms with E-state index >= 15 is 0 Å². The highest BCUT2D eigenvalue weighted by atomic mass is 35.5. The van der Waals surface area contributed by atoms with Crippen LogP contribution in [-0.4, -0.2) is 29.3 Å². The van der Waals surface area contributed by atoms with Crippen LogP contribution in [0.5, 0.6) is 11.5 Å². The minimum atomic E-state index is -1.65. The zero-order valence-electron chi connectivity index (χ0n) is 7.69. The Kier molecular flexibility index (Phi) is 5.04. The topological polar surface area (TPSA) is 58.9 Å². The number of para-hydroxylation sites is 1. The fourth-order valence-corrected chi connectivity index (χ4v) is 1.34. The first-order chi connectivity index (χ1) is 7.20. The van der Waals surface area contributed by atoms with E-state index in [0.717, 1.165) is 0 Å². The van der Waals surface area contributed by atoms with Gasteiger partial charge in [0, 0.05) is 5.46 Å². The van der Waals surface area contributed by atoms with Gasteiger partial charge in [-0.05, 0) is 6.07 Å². The van der Waals surface area contributed by atoms with Crippen LogP contribution in [0.25, 0.3) is 0 Å². The van der Waals surface area contributed by atoms with Crippen molar-refractivity contribution in [2.45, 2.75) is 0 Å². The minimum Gasteiger partial charge on any atom is -0.474 e. The van der Waals surface area contributed by atoms with Gasteiger partial charge in [-0.3, -0.25) is 0 Å². The van der Waals surface area contributed by atoms with Crippen molar-refractivity contribution in [3.05, 3.63) is 18.2 Å². The lowest BCUT2D eigenvalue weighted by Crippen LogP contribution is -2.31. The van der Waals surface area contributed by atoms with Gasteiger partial charge in [-0.2, -0.15) is 0 Å². The van der Waals surface area contributed by atoms with Crippen molar-refractivity contribution < 1.29 is 19.5 Å². The maximum Gasteiger partial charge on any atom is 0.492 e. The number of alkyl halides is 2. The van der Waals surface area contributed by atoms with E-state index in [0.29, 0.717) is 5.75 Å². The van der Waals surface area contributed by atoms with Gasteiger partial charge in [0.25, 0.3) is 0 Å². The quantitative estimate of drug-likeness (QED) is 0.591. The molecule has 0 bridgehead atoms. The van der Waals surface area contributed by atoms with E-state index in [2.05, 4.69) is 0 Å². The highest BCUT2D eigenvalue weighted by Crippen LogP contribution is 2.25. The molecule has 0 aromatic heterocycles. The Morgan fingerprint density at radius 3 is 2.33 bits per heavy atom. The van der Waals surface area contributed by atoms with E-state index in [9.17, 15) is 0 Å². The molecule has 0 aliphatic heterocycles. The summed E-state index contributed by atoms with van der Waals surface area (Å²) in [5.74, 6) is 0.499. The minimum absolute atomic E-state index is 0.0659. The van der Waals surface area contributed by atoms with Crippen molar-refractivity contribution in [3.8, 4) is 11.5 Å². The monoisotopic (exact) mass is 250 g/mol. The molecule has 4 nitrogen and oxygen atoms in total. The largest absolute Gasteiger partial charge is 0.492 e. The Hall–Kier alpha value is -0.615. The predicted molar refractivity (Wildman–Crippen MR) is 59.0 cm³/mol. The van der Waals surface area contributed by atoms with Crippen LogP contribution in [0.4, 0.5) is 0 Å². The van der Waals surface area contributed by atoms with E-state index in [1.54, 1.807) is 12.1 Å². The van der Waals surface area contributed by atoms with E-state index in [1.165, 1.54) is 6.07 Å². The van der Waals surface area contributed by atoms with Crippen LogP contribution in [0, 0.1) is 0 Å². The molecule has 0 amide bonds. The maximum absolute atomic E-state index is 9.07. The number of hydrogen-bond donors (Lipinski definition) is 2. The van der Waals surface area contributed by atoms with Gasteiger partial charge in [-0.25, -0.2) is 0 Å². The summed E-state index contributed by atoms with van der Waals surface area (Å²) in [7, 11) is -1.65. The summed E-state index contributed by atoms with van der Waals surface area (Å²) in [5, 5.41) is 18.1. The van der Waals surface area contributed by atoms with Gasteiger partial charge in [0.1, 0.15) is 0 Å². The number of halogens is 2. The zero-order chi connectivity index (χ0) is 11.3. The Balaban J connectivity index is 3.09. The van der Waals surface area contributed by atoms with Gasteiger partial charge in [0.2, 0.25) is 0 Å². The molecule has 0 atom stereocenters. The first-order valence-corrected chi connectivity index (χ1v) is 5.14. The summed E-state index contributed by atoms with van der Waals surface area (Å²) in [6.45, 7) is 0. The fourth-order valence-electron chi connectivity index (χ4n) is 1.12. The average molecular weight is 251 g/mol. The van der Waals surface area contributed by atoms with Gasteiger partial charge in [-0.15, -0.1) is 0 Å². The van der Waals surface area contributed by atoms with Crippen molar-refractivity contribution in [2.24, 2.45) is 0 Å². The Labute approximate surface area is 97.5 Å². The van der Waals surface area contributed by atoms with Crippen LogP contribution in [0.2, 0.25) is 0 Å². The molecule has 2 N–H and O–H groups in total. The van der Waals surface area contributed by atoms with Gasteiger partial charge in [0.15, 0.2) is 23.6 Å². The molecule has 15 heavy (non-hydrogen) atoms. The third-order valence-corrected chi connectivity index (χ3v) is 1.91. The molecule has 7 heteroatoms. The van der Waals surface area contributed by atoms with E-state index in [-0.39, 0.29) is 23.3 Å². The fraction of sp³-hybridized carbons (Fsp3) is 0.250. The molecule has 1 aromatic rings. The SMILES string of the molecule is OB(O)c1cccc(OCCl)c1OCCl. The summed E-state index contributed by atoms with van der Waals surface area (Å²) in [6.07, 6.45) is 0. The standard InChI is InChI=1S/C8H9BCl2O4/c10-4-14-7-3-1-2-6(9(12)13)8(7)15-5-11/h1-3,12-13H,4-5H2. The molecular formula is C8H9BCl2O4. The van der Waals surface area contributed by atoms with Gasteiger partial charge in [0.05, 0.1) is 0 Å².